The van der Waals surface area contributed by atoms with Crippen LogP contribution in [0.15, 0.2) is 12.7 Å². The average Bonchev–Trinajstić information content (AvgIpc) is 3.08. The lowest BCUT2D eigenvalue weighted by molar-refractivity contribution is 0.537. The van der Waals surface area contributed by atoms with Gasteiger partial charge in [-0.2, -0.15) is 0 Å². The Balaban J connectivity index is 1.61. The molecule has 0 aliphatic carbocycles. The summed E-state index contributed by atoms with van der Waals surface area (Å²) in [7, 11) is 1.99. The van der Waals surface area contributed by atoms with Crippen LogP contribution in [-0.2, 0) is 18.9 Å². The van der Waals surface area contributed by atoms with E-state index in [0.717, 1.165) is 66.9 Å². The number of imidazole rings is 1. The molecule has 8 heteroatoms. The van der Waals surface area contributed by atoms with Crippen LogP contribution in [0.3, 0.4) is 0 Å². The maximum atomic E-state index is 5.01. The second-order valence-electron chi connectivity index (χ2n) is 8.74. The van der Waals surface area contributed by atoms with Crippen molar-refractivity contribution in [3.8, 4) is 0 Å². The highest BCUT2D eigenvalue weighted by Gasteiger charge is 2.27. The summed E-state index contributed by atoms with van der Waals surface area (Å²) in [5.41, 5.74) is 4.01. The first-order valence-electron chi connectivity index (χ1n) is 10.3. The van der Waals surface area contributed by atoms with Crippen molar-refractivity contribution in [2.45, 2.75) is 46.5 Å². The van der Waals surface area contributed by atoms with Crippen LogP contribution >= 0.6 is 0 Å². The number of hydrogen-bond donors (Lipinski definition) is 0. The van der Waals surface area contributed by atoms with Gasteiger partial charge in [0, 0.05) is 49.9 Å². The van der Waals surface area contributed by atoms with Gasteiger partial charge in [0.2, 0.25) is 0 Å². The monoisotopic (exact) mass is 394 g/mol. The Morgan fingerprint density at radius 2 is 1.59 bits per heavy atom. The standard InChI is InChI=1S/C21H30N8/c1-7-15-14(2)25-20(21(3,4)5)26-18(15)28-8-10-29(11-9-28)19-16-17(22-12-23-19)24-13-27(16)6/h12-13H,7-11H2,1-6H3. The molecule has 0 spiro atoms. The van der Waals surface area contributed by atoms with Gasteiger partial charge in [0.1, 0.15) is 23.5 Å². The van der Waals surface area contributed by atoms with Crippen LogP contribution in [0.2, 0.25) is 0 Å². The van der Waals surface area contributed by atoms with Crippen LogP contribution < -0.4 is 9.80 Å². The molecule has 0 unspecified atom stereocenters. The highest BCUT2D eigenvalue weighted by molar-refractivity contribution is 5.83. The zero-order valence-corrected chi connectivity index (χ0v) is 18.3. The Morgan fingerprint density at radius 1 is 0.931 bits per heavy atom. The molecule has 0 bridgehead atoms. The molecule has 1 aliphatic heterocycles. The quantitative estimate of drug-likeness (QED) is 0.676. The predicted octanol–water partition coefficient (Wildman–Crippen LogP) is 2.65. The van der Waals surface area contributed by atoms with Crippen molar-refractivity contribution in [2.24, 2.45) is 7.05 Å². The van der Waals surface area contributed by atoms with Crippen molar-refractivity contribution >= 4 is 22.8 Å². The molecule has 1 saturated heterocycles. The molecule has 4 rings (SSSR count). The molecule has 1 aliphatic rings. The molecule has 0 aromatic carbocycles. The second kappa shape index (κ2) is 7.24. The molecule has 8 nitrogen and oxygen atoms in total. The maximum absolute atomic E-state index is 5.01. The van der Waals surface area contributed by atoms with Gasteiger partial charge in [-0.1, -0.05) is 27.7 Å². The fourth-order valence-corrected chi connectivity index (χ4v) is 3.92. The van der Waals surface area contributed by atoms with Crippen LogP contribution in [0.4, 0.5) is 11.6 Å². The summed E-state index contributed by atoms with van der Waals surface area (Å²) < 4.78 is 2.00. The largest absolute Gasteiger partial charge is 0.353 e. The van der Waals surface area contributed by atoms with Crippen molar-refractivity contribution in [3.05, 3.63) is 29.7 Å². The van der Waals surface area contributed by atoms with Crippen molar-refractivity contribution in [1.82, 2.24) is 29.5 Å². The SMILES string of the molecule is CCc1c(C)nc(C(C)(C)C)nc1N1CCN(c2ncnc3ncn(C)c23)CC1. The van der Waals surface area contributed by atoms with E-state index in [-0.39, 0.29) is 5.41 Å². The van der Waals surface area contributed by atoms with Crippen molar-refractivity contribution in [3.63, 3.8) is 0 Å². The molecule has 0 N–H and O–H groups in total. The third-order valence-corrected chi connectivity index (χ3v) is 5.58. The van der Waals surface area contributed by atoms with Gasteiger partial charge >= 0.3 is 0 Å². The van der Waals surface area contributed by atoms with E-state index in [4.69, 9.17) is 9.97 Å². The Morgan fingerprint density at radius 3 is 2.21 bits per heavy atom. The van der Waals surface area contributed by atoms with E-state index < -0.39 is 0 Å². The highest BCUT2D eigenvalue weighted by Crippen LogP contribution is 2.29. The Kier molecular flexibility index (Phi) is 4.88. The minimum Gasteiger partial charge on any atom is -0.353 e. The lowest BCUT2D eigenvalue weighted by Crippen LogP contribution is -2.47. The van der Waals surface area contributed by atoms with Gasteiger partial charge in [0.05, 0.1) is 6.33 Å². The summed E-state index contributed by atoms with van der Waals surface area (Å²) in [5, 5.41) is 0. The Bertz CT molecular complexity index is 1030. The van der Waals surface area contributed by atoms with Crippen LogP contribution in [-0.4, -0.2) is 55.7 Å². The van der Waals surface area contributed by atoms with E-state index in [1.54, 1.807) is 12.7 Å². The van der Waals surface area contributed by atoms with E-state index in [9.17, 15) is 0 Å². The van der Waals surface area contributed by atoms with Crippen LogP contribution in [0.1, 0.15) is 44.8 Å². The third-order valence-electron chi connectivity index (χ3n) is 5.58. The van der Waals surface area contributed by atoms with Gasteiger partial charge in [-0.25, -0.2) is 24.9 Å². The molecule has 3 aromatic heterocycles. The smallest absolute Gasteiger partial charge is 0.182 e. The fourth-order valence-electron chi connectivity index (χ4n) is 3.92. The molecular weight excluding hydrogens is 364 g/mol. The number of anilines is 2. The van der Waals surface area contributed by atoms with Crippen molar-refractivity contribution in [1.29, 1.82) is 0 Å². The number of hydrogen-bond acceptors (Lipinski definition) is 7. The van der Waals surface area contributed by atoms with E-state index in [1.807, 2.05) is 11.6 Å². The molecule has 0 atom stereocenters. The molecule has 0 amide bonds. The van der Waals surface area contributed by atoms with Gasteiger partial charge in [-0.15, -0.1) is 0 Å². The molecule has 0 saturated carbocycles. The van der Waals surface area contributed by atoms with Gasteiger partial charge in [-0.05, 0) is 13.3 Å². The van der Waals surface area contributed by atoms with E-state index in [0.29, 0.717) is 0 Å². The minimum atomic E-state index is -0.0697. The topological polar surface area (TPSA) is 75.9 Å². The summed E-state index contributed by atoms with van der Waals surface area (Å²) >= 11 is 0. The van der Waals surface area contributed by atoms with Crippen molar-refractivity contribution in [2.75, 3.05) is 36.0 Å². The molecule has 29 heavy (non-hydrogen) atoms. The minimum absolute atomic E-state index is 0.0697. The second-order valence-corrected chi connectivity index (χ2v) is 8.74. The number of nitrogens with zero attached hydrogens (tertiary/aromatic N) is 8. The van der Waals surface area contributed by atoms with Gasteiger partial charge < -0.3 is 14.4 Å². The first-order valence-corrected chi connectivity index (χ1v) is 10.3. The molecular formula is C21H30N8. The first-order chi connectivity index (χ1) is 13.8. The van der Waals surface area contributed by atoms with Gasteiger partial charge in [-0.3, -0.25) is 0 Å². The summed E-state index contributed by atoms with van der Waals surface area (Å²) in [6.45, 7) is 14.4. The first kappa shape index (κ1) is 19.5. The Labute approximate surface area is 172 Å². The molecule has 154 valence electrons. The summed E-state index contributed by atoms with van der Waals surface area (Å²) in [6, 6.07) is 0. The lowest BCUT2D eigenvalue weighted by atomic mass is 9.95. The van der Waals surface area contributed by atoms with Crippen LogP contribution in [0.5, 0.6) is 0 Å². The predicted molar refractivity (Wildman–Crippen MR) is 116 cm³/mol. The van der Waals surface area contributed by atoms with Crippen LogP contribution in [0, 0.1) is 6.92 Å². The average molecular weight is 395 g/mol. The normalized spacial score (nSPS) is 15.4. The number of aryl methyl sites for hydroxylation is 2. The van der Waals surface area contributed by atoms with Crippen molar-refractivity contribution < 1.29 is 0 Å². The molecule has 3 aromatic rings. The summed E-state index contributed by atoms with van der Waals surface area (Å²) in [4.78, 5) is 27.7. The highest BCUT2D eigenvalue weighted by atomic mass is 15.3. The lowest BCUT2D eigenvalue weighted by Gasteiger charge is -2.37. The number of aromatic nitrogens is 6. The van der Waals surface area contributed by atoms with E-state index in [2.05, 4.69) is 59.4 Å². The zero-order valence-electron chi connectivity index (χ0n) is 18.3. The van der Waals surface area contributed by atoms with E-state index in [1.165, 1.54) is 5.56 Å². The number of piperazine rings is 1. The van der Waals surface area contributed by atoms with Gasteiger partial charge in [0.25, 0.3) is 0 Å². The molecule has 4 heterocycles. The number of fused-ring (bicyclic) bond motifs is 1. The third kappa shape index (κ3) is 3.52. The maximum Gasteiger partial charge on any atom is 0.182 e. The summed E-state index contributed by atoms with van der Waals surface area (Å²) in [5.74, 6) is 2.97. The fraction of sp³-hybridized carbons (Fsp3) is 0.571. The number of rotatable bonds is 3. The molecule has 0 radical (unpaired) electrons. The Hall–Kier alpha value is -2.77. The summed E-state index contributed by atoms with van der Waals surface area (Å²) in [6.07, 6.45) is 4.34. The van der Waals surface area contributed by atoms with E-state index >= 15 is 0 Å². The van der Waals surface area contributed by atoms with Crippen LogP contribution in [0.25, 0.3) is 11.2 Å². The molecule has 1 fully saturated rings. The van der Waals surface area contributed by atoms with Gasteiger partial charge in [0.15, 0.2) is 11.5 Å². The zero-order chi connectivity index (χ0) is 20.8.